The highest BCUT2D eigenvalue weighted by molar-refractivity contribution is 6.33. The van der Waals surface area contributed by atoms with Crippen LogP contribution in [-0.4, -0.2) is 28.8 Å². The highest BCUT2D eigenvalue weighted by atomic mass is 35.5. The van der Waals surface area contributed by atoms with Crippen LogP contribution in [-0.2, 0) is 11.8 Å². The molecular formula is C10H15ClN2O2. The number of halogens is 1. The van der Waals surface area contributed by atoms with E-state index in [4.69, 9.17) is 16.3 Å². The quantitative estimate of drug-likeness (QED) is 0.555. The number of hydrogen-bond acceptors (Lipinski definition) is 3. The average molecular weight is 231 g/mol. The van der Waals surface area contributed by atoms with Crippen LogP contribution in [0.2, 0.25) is 5.02 Å². The molecule has 0 aliphatic rings. The third-order valence-electron chi connectivity index (χ3n) is 1.98. The summed E-state index contributed by atoms with van der Waals surface area (Å²) in [4.78, 5) is 11.7. The van der Waals surface area contributed by atoms with Crippen molar-refractivity contribution in [1.82, 2.24) is 9.78 Å². The number of rotatable bonds is 6. The monoisotopic (exact) mass is 230 g/mol. The number of nitrogens with zero attached hydrogens (tertiary/aromatic N) is 2. The third kappa shape index (κ3) is 3.32. The fourth-order valence-electron chi connectivity index (χ4n) is 1.25. The van der Waals surface area contributed by atoms with Crippen LogP contribution in [0.5, 0.6) is 0 Å². The van der Waals surface area contributed by atoms with E-state index in [1.807, 2.05) is 6.92 Å². The van der Waals surface area contributed by atoms with Crippen LogP contribution in [0.15, 0.2) is 6.20 Å². The van der Waals surface area contributed by atoms with E-state index in [0.29, 0.717) is 30.4 Å². The normalized spacial score (nSPS) is 10.6. The molecule has 0 saturated carbocycles. The van der Waals surface area contributed by atoms with Crippen molar-refractivity contribution in [2.24, 2.45) is 7.05 Å². The Bertz CT molecular complexity index is 317. The van der Waals surface area contributed by atoms with Crippen LogP contribution in [0.25, 0.3) is 0 Å². The Balaban J connectivity index is 2.47. The van der Waals surface area contributed by atoms with Crippen LogP contribution in [0, 0.1) is 0 Å². The summed E-state index contributed by atoms with van der Waals surface area (Å²) in [6.45, 7) is 3.15. The van der Waals surface area contributed by atoms with Gasteiger partial charge in [-0.25, -0.2) is 0 Å². The molecule has 0 atom stereocenters. The molecule has 0 aliphatic heterocycles. The third-order valence-corrected chi connectivity index (χ3v) is 2.26. The fourth-order valence-corrected chi connectivity index (χ4v) is 1.53. The zero-order valence-electron chi connectivity index (χ0n) is 8.99. The molecule has 0 radical (unpaired) electrons. The summed E-state index contributed by atoms with van der Waals surface area (Å²) in [5, 5.41) is 4.31. The minimum atomic E-state index is -0.0314. The Kier molecular flexibility index (Phi) is 4.78. The first-order valence-corrected chi connectivity index (χ1v) is 5.33. The molecule has 0 aliphatic carbocycles. The van der Waals surface area contributed by atoms with Crippen molar-refractivity contribution in [2.45, 2.75) is 19.8 Å². The van der Waals surface area contributed by atoms with E-state index >= 15 is 0 Å². The zero-order valence-corrected chi connectivity index (χ0v) is 9.75. The topological polar surface area (TPSA) is 44.1 Å². The van der Waals surface area contributed by atoms with E-state index in [9.17, 15) is 4.79 Å². The summed E-state index contributed by atoms with van der Waals surface area (Å²) >= 11 is 5.84. The SMILES string of the molecule is CCCOCCC(=O)c1c(Cl)cnn1C. The number of carbonyl (C=O) groups excluding carboxylic acids is 1. The summed E-state index contributed by atoms with van der Waals surface area (Å²) < 4.78 is 6.73. The molecule has 0 unspecified atom stereocenters. The van der Waals surface area contributed by atoms with E-state index in [-0.39, 0.29) is 5.78 Å². The van der Waals surface area contributed by atoms with Crippen LogP contribution in [0.4, 0.5) is 0 Å². The van der Waals surface area contributed by atoms with Gasteiger partial charge in [-0.05, 0) is 6.42 Å². The number of Topliss-reactive ketones (excluding diaryl/α,β-unsaturated/α-hetero) is 1. The Labute approximate surface area is 94.2 Å². The molecule has 0 spiro atoms. The van der Waals surface area contributed by atoms with Gasteiger partial charge in [0.15, 0.2) is 5.78 Å². The molecule has 84 valence electrons. The smallest absolute Gasteiger partial charge is 0.184 e. The lowest BCUT2D eigenvalue weighted by Gasteiger charge is -2.03. The lowest BCUT2D eigenvalue weighted by molar-refractivity contribution is 0.0870. The average Bonchev–Trinajstić information content (AvgIpc) is 2.53. The standard InChI is InChI=1S/C10H15ClN2O2/c1-3-5-15-6-4-9(14)10-8(11)7-12-13(10)2/h7H,3-6H2,1-2H3. The van der Waals surface area contributed by atoms with Gasteiger partial charge in [0.1, 0.15) is 5.69 Å². The molecule has 1 aromatic heterocycles. The second-order valence-electron chi connectivity index (χ2n) is 3.25. The van der Waals surface area contributed by atoms with Gasteiger partial charge in [-0.3, -0.25) is 9.48 Å². The van der Waals surface area contributed by atoms with Crippen molar-refractivity contribution in [3.05, 3.63) is 16.9 Å². The lowest BCUT2D eigenvalue weighted by Crippen LogP contribution is -2.10. The molecule has 1 heterocycles. The van der Waals surface area contributed by atoms with Crippen LogP contribution in [0.1, 0.15) is 30.3 Å². The number of carbonyl (C=O) groups is 1. The minimum absolute atomic E-state index is 0.0314. The number of ketones is 1. The number of aromatic nitrogens is 2. The van der Waals surface area contributed by atoms with Gasteiger partial charge in [0.2, 0.25) is 0 Å². The molecule has 0 N–H and O–H groups in total. The van der Waals surface area contributed by atoms with E-state index in [2.05, 4.69) is 5.10 Å². The van der Waals surface area contributed by atoms with E-state index < -0.39 is 0 Å². The predicted octanol–water partition coefficient (Wildman–Crippen LogP) is 2.07. The molecule has 15 heavy (non-hydrogen) atoms. The van der Waals surface area contributed by atoms with Crippen LogP contribution >= 0.6 is 11.6 Å². The van der Waals surface area contributed by atoms with E-state index in [1.54, 1.807) is 7.05 Å². The van der Waals surface area contributed by atoms with Gasteiger partial charge in [0, 0.05) is 20.1 Å². The molecule has 0 saturated heterocycles. The first-order valence-electron chi connectivity index (χ1n) is 4.95. The van der Waals surface area contributed by atoms with Crippen molar-refractivity contribution in [3.8, 4) is 0 Å². The highest BCUT2D eigenvalue weighted by Gasteiger charge is 2.14. The second kappa shape index (κ2) is 5.88. The molecule has 0 fully saturated rings. The minimum Gasteiger partial charge on any atom is -0.381 e. The summed E-state index contributed by atoms with van der Waals surface area (Å²) in [7, 11) is 1.70. The first kappa shape index (κ1) is 12.2. The van der Waals surface area contributed by atoms with E-state index in [0.717, 1.165) is 6.42 Å². The Morgan fingerprint density at radius 1 is 1.60 bits per heavy atom. The number of ether oxygens (including phenoxy) is 1. The van der Waals surface area contributed by atoms with Gasteiger partial charge in [-0.15, -0.1) is 0 Å². The van der Waals surface area contributed by atoms with Gasteiger partial charge in [0.25, 0.3) is 0 Å². The number of hydrogen-bond donors (Lipinski definition) is 0. The summed E-state index contributed by atoms with van der Waals surface area (Å²) in [5.41, 5.74) is 0.455. The Morgan fingerprint density at radius 2 is 2.33 bits per heavy atom. The fraction of sp³-hybridized carbons (Fsp3) is 0.600. The van der Waals surface area contributed by atoms with Gasteiger partial charge >= 0.3 is 0 Å². The van der Waals surface area contributed by atoms with Crippen molar-refractivity contribution in [3.63, 3.8) is 0 Å². The predicted molar refractivity (Wildman–Crippen MR) is 58.3 cm³/mol. The Hall–Kier alpha value is -0.870. The summed E-state index contributed by atoms with van der Waals surface area (Å²) in [6, 6.07) is 0. The molecular weight excluding hydrogens is 216 g/mol. The van der Waals surface area contributed by atoms with Gasteiger partial charge < -0.3 is 4.74 Å². The van der Waals surface area contributed by atoms with Crippen molar-refractivity contribution < 1.29 is 9.53 Å². The molecule has 1 aromatic rings. The summed E-state index contributed by atoms with van der Waals surface area (Å²) in [6.07, 6.45) is 2.78. The lowest BCUT2D eigenvalue weighted by atomic mass is 10.2. The molecule has 5 heteroatoms. The Morgan fingerprint density at radius 3 is 2.87 bits per heavy atom. The molecule has 4 nitrogen and oxygen atoms in total. The zero-order chi connectivity index (χ0) is 11.3. The number of aryl methyl sites for hydroxylation is 1. The maximum Gasteiger partial charge on any atom is 0.184 e. The molecule has 0 bridgehead atoms. The van der Waals surface area contributed by atoms with E-state index in [1.165, 1.54) is 10.9 Å². The van der Waals surface area contributed by atoms with Gasteiger partial charge in [-0.1, -0.05) is 18.5 Å². The molecule has 1 rings (SSSR count). The highest BCUT2D eigenvalue weighted by Crippen LogP contribution is 2.15. The van der Waals surface area contributed by atoms with Crippen molar-refractivity contribution >= 4 is 17.4 Å². The largest absolute Gasteiger partial charge is 0.381 e. The van der Waals surface area contributed by atoms with Crippen molar-refractivity contribution in [2.75, 3.05) is 13.2 Å². The van der Waals surface area contributed by atoms with Crippen molar-refractivity contribution in [1.29, 1.82) is 0 Å². The molecule has 0 aromatic carbocycles. The van der Waals surface area contributed by atoms with Gasteiger partial charge in [0.05, 0.1) is 17.8 Å². The van der Waals surface area contributed by atoms with Crippen LogP contribution < -0.4 is 0 Å². The first-order chi connectivity index (χ1) is 7.16. The second-order valence-corrected chi connectivity index (χ2v) is 3.66. The molecule has 0 amide bonds. The van der Waals surface area contributed by atoms with Crippen LogP contribution in [0.3, 0.4) is 0 Å². The maximum atomic E-state index is 11.7. The van der Waals surface area contributed by atoms with Gasteiger partial charge in [-0.2, -0.15) is 5.10 Å². The summed E-state index contributed by atoms with van der Waals surface area (Å²) in [5.74, 6) is -0.0314. The maximum absolute atomic E-state index is 11.7.